The molecule has 0 unspecified atom stereocenters. The first-order chi connectivity index (χ1) is 16.3. The molecule has 0 saturated carbocycles. The van der Waals surface area contributed by atoms with Gasteiger partial charge < -0.3 is 14.5 Å². The van der Waals surface area contributed by atoms with Gasteiger partial charge in [-0.1, -0.05) is 60.7 Å². The summed E-state index contributed by atoms with van der Waals surface area (Å²) in [5.41, 5.74) is 3.67. The van der Waals surface area contributed by atoms with Crippen LogP contribution in [0.2, 0.25) is 0 Å². The maximum atomic E-state index is 12.8. The Labute approximate surface area is 193 Å². The van der Waals surface area contributed by atoms with Gasteiger partial charge in [0.1, 0.15) is 11.4 Å². The SMILES string of the molecule is O=C(COc1ccccc1)N1CCCN(c2nc3ccccc3nc2-c2ccccc2)CC1. The van der Waals surface area contributed by atoms with Crippen LogP contribution in [0.4, 0.5) is 5.82 Å². The van der Waals surface area contributed by atoms with Crippen molar-refractivity contribution in [3.63, 3.8) is 0 Å². The molecule has 4 aromatic rings. The lowest BCUT2D eigenvalue weighted by Crippen LogP contribution is -2.38. The molecule has 1 aliphatic heterocycles. The molecule has 2 heterocycles. The summed E-state index contributed by atoms with van der Waals surface area (Å²) in [7, 11) is 0. The third-order valence-corrected chi connectivity index (χ3v) is 5.85. The first-order valence-corrected chi connectivity index (χ1v) is 11.3. The molecule has 1 saturated heterocycles. The number of rotatable bonds is 5. The summed E-state index contributed by atoms with van der Waals surface area (Å²) in [5, 5.41) is 0. The maximum absolute atomic E-state index is 12.8. The molecule has 3 aromatic carbocycles. The van der Waals surface area contributed by atoms with Crippen LogP contribution in [0.1, 0.15) is 6.42 Å². The number of nitrogens with zero attached hydrogens (tertiary/aromatic N) is 4. The number of aromatic nitrogens is 2. The number of anilines is 1. The Balaban J connectivity index is 1.35. The number of ether oxygens (including phenoxy) is 1. The van der Waals surface area contributed by atoms with Gasteiger partial charge in [-0.05, 0) is 30.7 Å². The Morgan fingerprint density at radius 1 is 0.758 bits per heavy atom. The zero-order valence-electron chi connectivity index (χ0n) is 18.4. The second-order valence-corrected chi connectivity index (χ2v) is 8.07. The number of para-hydroxylation sites is 3. The van der Waals surface area contributed by atoms with Crippen molar-refractivity contribution in [3.05, 3.63) is 84.9 Å². The monoisotopic (exact) mass is 438 g/mol. The van der Waals surface area contributed by atoms with Crippen molar-refractivity contribution < 1.29 is 9.53 Å². The van der Waals surface area contributed by atoms with Crippen LogP contribution in [0.15, 0.2) is 84.9 Å². The standard InChI is InChI=1S/C27H26N4O2/c32-25(20-33-22-12-5-2-6-13-22)30-16-9-17-31(19-18-30)27-26(21-10-3-1-4-11-21)28-23-14-7-8-15-24(23)29-27/h1-8,10-15H,9,16-20H2. The van der Waals surface area contributed by atoms with Gasteiger partial charge in [0.05, 0.1) is 11.0 Å². The van der Waals surface area contributed by atoms with Crippen molar-refractivity contribution in [3.8, 4) is 17.0 Å². The van der Waals surface area contributed by atoms with Crippen LogP contribution in [0.3, 0.4) is 0 Å². The van der Waals surface area contributed by atoms with E-state index >= 15 is 0 Å². The van der Waals surface area contributed by atoms with Gasteiger partial charge in [0.25, 0.3) is 5.91 Å². The molecule has 1 fully saturated rings. The van der Waals surface area contributed by atoms with E-state index in [4.69, 9.17) is 14.7 Å². The zero-order valence-corrected chi connectivity index (χ0v) is 18.4. The molecular formula is C27H26N4O2. The quantitative estimate of drug-likeness (QED) is 0.462. The number of benzene rings is 3. The van der Waals surface area contributed by atoms with Gasteiger partial charge in [0.2, 0.25) is 0 Å². The summed E-state index contributed by atoms with van der Waals surface area (Å²) < 4.78 is 5.67. The second kappa shape index (κ2) is 9.69. The highest BCUT2D eigenvalue weighted by molar-refractivity contribution is 5.83. The molecule has 166 valence electrons. The van der Waals surface area contributed by atoms with Crippen LogP contribution in [-0.4, -0.2) is 53.6 Å². The summed E-state index contributed by atoms with van der Waals surface area (Å²) in [6, 6.07) is 27.6. The van der Waals surface area contributed by atoms with Gasteiger partial charge in [-0.2, -0.15) is 0 Å². The third kappa shape index (κ3) is 4.80. The largest absolute Gasteiger partial charge is 0.484 e. The Morgan fingerprint density at radius 2 is 1.42 bits per heavy atom. The molecule has 0 bridgehead atoms. The van der Waals surface area contributed by atoms with E-state index in [2.05, 4.69) is 17.0 Å². The maximum Gasteiger partial charge on any atom is 0.260 e. The van der Waals surface area contributed by atoms with Crippen molar-refractivity contribution in [2.24, 2.45) is 0 Å². The minimum Gasteiger partial charge on any atom is -0.484 e. The summed E-state index contributed by atoms with van der Waals surface area (Å²) in [6.07, 6.45) is 0.861. The molecule has 6 heteroatoms. The highest BCUT2D eigenvalue weighted by Crippen LogP contribution is 2.30. The first kappa shape index (κ1) is 20.9. The number of carbonyl (C=O) groups is 1. The fourth-order valence-electron chi connectivity index (χ4n) is 4.13. The van der Waals surface area contributed by atoms with Crippen LogP contribution in [-0.2, 0) is 4.79 Å². The molecule has 5 rings (SSSR count). The van der Waals surface area contributed by atoms with Crippen molar-refractivity contribution in [1.82, 2.24) is 14.9 Å². The summed E-state index contributed by atoms with van der Waals surface area (Å²) in [6.45, 7) is 2.89. The van der Waals surface area contributed by atoms with Crippen molar-refractivity contribution in [1.29, 1.82) is 0 Å². The van der Waals surface area contributed by atoms with Gasteiger partial charge in [-0.25, -0.2) is 9.97 Å². The van der Waals surface area contributed by atoms with Crippen molar-refractivity contribution >= 4 is 22.8 Å². The first-order valence-electron chi connectivity index (χ1n) is 11.3. The zero-order chi connectivity index (χ0) is 22.5. The van der Waals surface area contributed by atoms with Gasteiger partial charge in [-0.15, -0.1) is 0 Å². The van der Waals surface area contributed by atoms with E-state index in [9.17, 15) is 4.79 Å². The molecule has 0 N–H and O–H groups in total. The van der Waals surface area contributed by atoms with Crippen LogP contribution < -0.4 is 9.64 Å². The number of hydrogen-bond donors (Lipinski definition) is 0. The van der Waals surface area contributed by atoms with Gasteiger partial charge in [0.15, 0.2) is 12.4 Å². The fourth-order valence-corrected chi connectivity index (χ4v) is 4.13. The molecule has 0 atom stereocenters. The predicted molar refractivity (Wildman–Crippen MR) is 130 cm³/mol. The van der Waals surface area contributed by atoms with Crippen LogP contribution in [0.25, 0.3) is 22.3 Å². The van der Waals surface area contributed by atoms with Crippen LogP contribution in [0.5, 0.6) is 5.75 Å². The number of fused-ring (bicyclic) bond motifs is 1. The van der Waals surface area contributed by atoms with Gasteiger partial charge in [0, 0.05) is 31.7 Å². The molecule has 1 amide bonds. The number of hydrogen-bond acceptors (Lipinski definition) is 5. The number of amides is 1. The van der Waals surface area contributed by atoms with Gasteiger partial charge in [-0.3, -0.25) is 4.79 Å². The summed E-state index contributed by atoms with van der Waals surface area (Å²) in [4.78, 5) is 26.9. The van der Waals surface area contributed by atoms with Crippen LogP contribution >= 0.6 is 0 Å². The molecule has 1 aliphatic rings. The van der Waals surface area contributed by atoms with E-state index in [1.807, 2.05) is 77.7 Å². The molecule has 6 nitrogen and oxygen atoms in total. The second-order valence-electron chi connectivity index (χ2n) is 8.07. The Morgan fingerprint density at radius 3 is 2.18 bits per heavy atom. The molecular weight excluding hydrogens is 412 g/mol. The Bertz CT molecular complexity index is 1230. The Hall–Kier alpha value is -3.93. The normalized spacial score (nSPS) is 14.2. The van der Waals surface area contributed by atoms with Crippen LogP contribution in [0, 0.1) is 0 Å². The lowest BCUT2D eigenvalue weighted by atomic mass is 10.1. The van der Waals surface area contributed by atoms with Crippen molar-refractivity contribution in [2.45, 2.75) is 6.42 Å². The van der Waals surface area contributed by atoms with E-state index in [1.165, 1.54) is 0 Å². The van der Waals surface area contributed by atoms with Crippen molar-refractivity contribution in [2.75, 3.05) is 37.7 Å². The number of carbonyl (C=O) groups excluding carboxylic acids is 1. The summed E-state index contributed by atoms with van der Waals surface area (Å²) >= 11 is 0. The van der Waals surface area contributed by atoms with E-state index in [0.717, 1.165) is 41.1 Å². The van der Waals surface area contributed by atoms with E-state index in [1.54, 1.807) is 0 Å². The van der Waals surface area contributed by atoms with E-state index in [0.29, 0.717) is 25.4 Å². The average Bonchev–Trinajstić information content (AvgIpc) is 3.14. The molecule has 0 spiro atoms. The topological polar surface area (TPSA) is 58.6 Å². The Kier molecular flexibility index (Phi) is 6.15. The van der Waals surface area contributed by atoms with Gasteiger partial charge >= 0.3 is 0 Å². The highest BCUT2D eigenvalue weighted by atomic mass is 16.5. The highest BCUT2D eigenvalue weighted by Gasteiger charge is 2.23. The smallest absolute Gasteiger partial charge is 0.260 e. The molecule has 33 heavy (non-hydrogen) atoms. The molecule has 1 aromatic heterocycles. The minimum absolute atomic E-state index is 0.00795. The fraction of sp³-hybridized carbons (Fsp3) is 0.222. The third-order valence-electron chi connectivity index (χ3n) is 5.85. The minimum atomic E-state index is 0.00795. The lowest BCUT2D eigenvalue weighted by Gasteiger charge is -2.25. The van der Waals surface area contributed by atoms with E-state index in [-0.39, 0.29) is 12.5 Å². The molecule has 0 aliphatic carbocycles. The molecule has 0 radical (unpaired) electrons. The lowest BCUT2D eigenvalue weighted by molar-refractivity contribution is -0.133. The average molecular weight is 439 g/mol. The van der Waals surface area contributed by atoms with E-state index < -0.39 is 0 Å². The predicted octanol–water partition coefficient (Wildman–Crippen LogP) is 4.41. The summed E-state index contributed by atoms with van der Waals surface area (Å²) in [5.74, 6) is 1.59.